The molecule has 11 nitrogen and oxygen atoms in total. The van der Waals surface area contributed by atoms with Gasteiger partial charge in [0.1, 0.15) is 42.3 Å². The number of aliphatic hydroxyl groups is 1. The zero-order valence-electron chi connectivity index (χ0n) is 28.7. The summed E-state index contributed by atoms with van der Waals surface area (Å²) in [5, 5.41) is 21.5. The number of amides is 1. The number of ether oxygens (including phenoxy) is 4. The molecule has 3 aromatic rings. The number of alkyl halides is 3. The Kier molecular flexibility index (Phi) is 16.5. The third-order valence-electron chi connectivity index (χ3n) is 8.00. The Hall–Kier alpha value is -4.82. The van der Waals surface area contributed by atoms with Crippen molar-refractivity contribution in [2.75, 3.05) is 47.1 Å². The lowest BCUT2D eigenvalue weighted by Gasteiger charge is -2.29. The number of hydrogen-bond donors (Lipinski definition) is 3. The molecule has 14 heteroatoms. The average Bonchev–Trinajstić information content (AvgIpc) is 3.65. The molecule has 0 spiro atoms. The first-order valence-electron chi connectivity index (χ1n) is 16.6. The molecular weight excluding hydrogens is 673 g/mol. The molecule has 278 valence electrons. The lowest BCUT2D eigenvalue weighted by atomic mass is 10.0. The van der Waals surface area contributed by atoms with Gasteiger partial charge in [-0.1, -0.05) is 12.1 Å². The maximum Gasteiger partial charge on any atom is 0.490 e. The van der Waals surface area contributed by atoms with Gasteiger partial charge in [-0.25, -0.2) is 4.79 Å². The topological polar surface area (TPSA) is 144 Å². The molecule has 1 aliphatic rings. The highest BCUT2D eigenvalue weighted by molar-refractivity contribution is 5.96. The highest BCUT2D eigenvalue weighted by atomic mass is 19.4. The van der Waals surface area contributed by atoms with E-state index in [-0.39, 0.29) is 11.7 Å². The van der Waals surface area contributed by atoms with Gasteiger partial charge < -0.3 is 39.4 Å². The third kappa shape index (κ3) is 14.5. The number of hydrogen-bond acceptors (Lipinski definition) is 9. The molecule has 0 aliphatic carbocycles. The second kappa shape index (κ2) is 20.8. The predicted molar refractivity (Wildman–Crippen MR) is 182 cm³/mol. The van der Waals surface area contributed by atoms with Crippen molar-refractivity contribution in [3.05, 3.63) is 83.9 Å². The molecule has 0 saturated carbocycles. The van der Waals surface area contributed by atoms with Crippen LogP contribution in [0.2, 0.25) is 0 Å². The molecule has 51 heavy (non-hydrogen) atoms. The summed E-state index contributed by atoms with van der Waals surface area (Å²) < 4.78 is 53.6. The monoisotopic (exact) mass is 718 g/mol. The SMILES string of the molecule is COc1ccc(OCCOc2ccc([C@@H](O)C(CN3CCCC3)NC(=O)CCCCC(=O)c3ccc(OC)cc3)cc2)cc1.O=C(O)C(F)(F)F. The van der Waals surface area contributed by atoms with Crippen molar-refractivity contribution < 1.29 is 56.7 Å². The zero-order chi connectivity index (χ0) is 37.2. The number of nitrogens with zero attached hydrogens (tertiary/aromatic N) is 1. The second-order valence-electron chi connectivity index (χ2n) is 11.7. The van der Waals surface area contributed by atoms with E-state index in [0.29, 0.717) is 68.1 Å². The molecule has 1 saturated heterocycles. The Morgan fingerprint density at radius 3 is 1.71 bits per heavy atom. The van der Waals surface area contributed by atoms with Crippen LogP contribution in [0.5, 0.6) is 23.0 Å². The van der Waals surface area contributed by atoms with Crippen LogP contribution in [-0.2, 0) is 9.59 Å². The van der Waals surface area contributed by atoms with Crippen LogP contribution in [0, 0.1) is 0 Å². The molecule has 3 aromatic carbocycles. The van der Waals surface area contributed by atoms with E-state index in [2.05, 4.69) is 10.2 Å². The molecule has 3 N–H and O–H groups in total. The number of rotatable bonds is 18. The number of carbonyl (C=O) groups is 3. The van der Waals surface area contributed by atoms with Gasteiger partial charge in [0.05, 0.1) is 20.3 Å². The first-order chi connectivity index (χ1) is 24.4. The van der Waals surface area contributed by atoms with Gasteiger partial charge >= 0.3 is 12.1 Å². The van der Waals surface area contributed by atoms with Crippen molar-refractivity contribution in [1.82, 2.24) is 10.2 Å². The lowest BCUT2D eigenvalue weighted by molar-refractivity contribution is -0.192. The molecule has 0 radical (unpaired) electrons. The fourth-order valence-electron chi connectivity index (χ4n) is 5.22. The molecule has 0 bridgehead atoms. The van der Waals surface area contributed by atoms with Crippen LogP contribution < -0.4 is 24.3 Å². The summed E-state index contributed by atoms with van der Waals surface area (Å²) in [5.74, 6) is 0.0547. The number of benzene rings is 3. The van der Waals surface area contributed by atoms with Gasteiger partial charge in [0.25, 0.3) is 0 Å². The minimum atomic E-state index is -5.08. The molecule has 1 unspecified atom stereocenters. The summed E-state index contributed by atoms with van der Waals surface area (Å²) in [6.07, 6.45) is -1.84. The van der Waals surface area contributed by atoms with E-state index in [0.717, 1.165) is 37.4 Å². The molecule has 1 aliphatic heterocycles. The van der Waals surface area contributed by atoms with Crippen LogP contribution in [0.3, 0.4) is 0 Å². The molecule has 1 heterocycles. The standard InChI is InChI=1S/C35H44N2O7.C2HF3O2/c1-41-28-13-9-26(10-14-28)33(38)7-3-4-8-34(39)36-32(25-37-21-5-6-22-37)35(40)27-11-15-30(16-12-27)43-23-24-44-31-19-17-29(42-2)18-20-31;3-2(4,5)1(6)7/h9-20,32,35,40H,3-8,21-25H2,1-2H3,(H,36,39);(H,6,7)/t32?,35-;/m1./s1. The van der Waals surface area contributed by atoms with Gasteiger partial charge in [-0.05, 0) is 105 Å². The molecule has 4 rings (SSSR count). The number of aliphatic hydroxyl groups excluding tert-OH is 1. The zero-order valence-corrected chi connectivity index (χ0v) is 28.7. The van der Waals surface area contributed by atoms with E-state index in [1.54, 1.807) is 38.5 Å². The Balaban J connectivity index is 0.000000908. The molecular formula is C37H45F3N2O9. The maximum absolute atomic E-state index is 12.9. The summed E-state index contributed by atoms with van der Waals surface area (Å²) in [4.78, 5) is 36.6. The van der Waals surface area contributed by atoms with E-state index < -0.39 is 24.3 Å². The predicted octanol–water partition coefficient (Wildman–Crippen LogP) is 5.85. The minimum absolute atomic E-state index is 0.0487. The largest absolute Gasteiger partial charge is 0.497 e. The number of nitrogens with one attached hydrogen (secondary N) is 1. The Morgan fingerprint density at radius 2 is 1.22 bits per heavy atom. The number of carbonyl (C=O) groups excluding carboxylic acids is 2. The third-order valence-corrected chi connectivity index (χ3v) is 8.00. The smallest absolute Gasteiger partial charge is 0.490 e. The van der Waals surface area contributed by atoms with Crippen molar-refractivity contribution >= 4 is 17.7 Å². The lowest BCUT2D eigenvalue weighted by Crippen LogP contribution is -2.46. The van der Waals surface area contributed by atoms with Crippen LogP contribution in [0.25, 0.3) is 0 Å². The van der Waals surface area contributed by atoms with Crippen LogP contribution >= 0.6 is 0 Å². The van der Waals surface area contributed by atoms with Gasteiger partial charge in [-0.15, -0.1) is 0 Å². The molecule has 1 amide bonds. The summed E-state index contributed by atoms with van der Waals surface area (Å²) in [7, 11) is 3.21. The fraction of sp³-hybridized carbons (Fsp3) is 0.432. The van der Waals surface area contributed by atoms with Crippen molar-refractivity contribution in [2.45, 2.75) is 56.8 Å². The van der Waals surface area contributed by atoms with Crippen molar-refractivity contribution in [1.29, 1.82) is 0 Å². The maximum atomic E-state index is 12.9. The molecule has 1 fully saturated rings. The number of ketones is 1. The first-order valence-corrected chi connectivity index (χ1v) is 16.6. The van der Waals surface area contributed by atoms with Crippen LogP contribution in [0.4, 0.5) is 13.2 Å². The minimum Gasteiger partial charge on any atom is -0.497 e. The van der Waals surface area contributed by atoms with Crippen LogP contribution in [-0.4, -0.2) is 92.1 Å². The van der Waals surface area contributed by atoms with Gasteiger partial charge in [-0.3, -0.25) is 9.59 Å². The second-order valence-corrected chi connectivity index (χ2v) is 11.7. The van der Waals surface area contributed by atoms with Crippen molar-refractivity contribution in [2.24, 2.45) is 0 Å². The molecule has 2 atom stereocenters. The van der Waals surface area contributed by atoms with Gasteiger partial charge in [0.15, 0.2) is 5.78 Å². The molecule has 0 aromatic heterocycles. The van der Waals surface area contributed by atoms with E-state index in [4.69, 9.17) is 28.8 Å². The number of halogens is 3. The summed E-state index contributed by atoms with van der Waals surface area (Å²) in [6.45, 7) is 3.24. The Morgan fingerprint density at radius 1 is 0.765 bits per heavy atom. The number of Topliss-reactive ketones (excluding diaryl/α,β-unsaturated/α-hetero) is 1. The summed E-state index contributed by atoms with van der Waals surface area (Å²) in [5.41, 5.74) is 1.35. The van der Waals surface area contributed by atoms with E-state index in [1.807, 2.05) is 48.5 Å². The number of likely N-dealkylation sites (tertiary alicyclic amines) is 1. The van der Waals surface area contributed by atoms with Crippen molar-refractivity contribution in [3.63, 3.8) is 0 Å². The van der Waals surface area contributed by atoms with Gasteiger partial charge in [-0.2, -0.15) is 13.2 Å². The van der Waals surface area contributed by atoms with Crippen LogP contribution in [0.15, 0.2) is 72.8 Å². The number of carboxylic acid groups (broad SMARTS) is 1. The summed E-state index contributed by atoms with van der Waals surface area (Å²) in [6, 6.07) is 21.3. The summed E-state index contributed by atoms with van der Waals surface area (Å²) >= 11 is 0. The van der Waals surface area contributed by atoms with E-state index in [1.165, 1.54) is 0 Å². The first kappa shape index (κ1) is 40.6. The average molecular weight is 719 g/mol. The quantitative estimate of drug-likeness (QED) is 0.108. The van der Waals surface area contributed by atoms with Gasteiger partial charge in [0.2, 0.25) is 5.91 Å². The Bertz CT molecular complexity index is 1500. The van der Waals surface area contributed by atoms with E-state index in [9.17, 15) is 27.9 Å². The Labute approximate surface area is 295 Å². The van der Waals surface area contributed by atoms with Crippen LogP contribution in [0.1, 0.15) is 60.6 Å². The normalized spacial score (nSPS) is 14.0. The highest BCUT2D eigenvalue weighted by Crippen LogP contribution is 2.23. The number of carboxylic acids is 1. The van der Waals surface area contributed by atoms with Gasteiger partial charge in [0, 0.05) is 24.9 Å². The highest BCUT2D eigenvalue weighted by Gasteiger charge is 2.38. The number of unbranched alkanes of at least 4 members (excludes halogenated alkanes) is 1. The van der Waals surface area contributed by atoms with E-state index >= 15 is 0 Å². The fourth-order valence-corrected chi connectivity index (χ4v) is 5.22. The number of aliphatic carboxylic acids is 1. The number of methoxy groups -OCH3 is 2. The van der Waals surface area contributed by atoms with Crippen molar-refractivity contribution in [3.8, 4) is 23.0 Å².